The highest BCUT2D eigenvalue weighted by molar-refractivity contribution is 6.30. The van der Waals surface area contributed by atoms with Gasteiger partial charge in [-0.25, -0.2) is 9.97 Å². The molecule has 0 N–H and O–H groups in total. The van der Waals surface area contributed by atoms with E-state index in [2.05, 4.69) is 28.7 Å². The summed E-state index contributed by atoms with van der Waals surface area (Å²) in [7, 11) is 0. The minimum absolute atomic E-state index is 0.496. The summed E-state index contributed by atoms with van der Waals surface area (Å²) in [5, 5.41) is 0.628. The van der Waals surface area contributed by atoms with Gasteiger partial charge in [-0.2, -0.15) is 0 Å². The molecule has 0 aliphatic carbocycles. The van der Waals surface area contributed by atoms with E-state index in [1.165, 1.54) is 0 Å². The highest BCUT2D eigenvalue weighted by atomic mass is 35.5. The molecular formula is C12H18ClN3. The van der Waals surface area contributed by atoms with Gasteiger partial charge in [0.1, 0.15) is 11.0 Å². The van der Waals surface area contributed by atoms with Gasteiger partial charge in [0.05, 0.1) is 0 Å². The second-order valence-corrected chi connectivity index (χ2v) is 5.10. The number of hydrogen-bond donors (Lipinski definition) is 0. The Balaban J connectivity index is 2.14. The number of hydrogen-bond acceptors (Lipinski definition) is 3. The van der Waals surface area contributed by atoms with Crippen LogP contribution in [0.3, 0.4) is 0 Å². The van der Waals surface area contributed by atoms with Crippen molar-refractivity contribution in [2.45, 2.75) is 39.2 Å². The van der Waals surface area contributed by atoms with Gasteiger partial charge in [0.2, 0.25) is 0 Å². The molecule has 1 unspecified atom stereocenters. The third-order valence-electron chi connectivity index (χ3n) is 3.28. The van der Waals surface area contributed by atoms with Gasteiger partial charge < -0.3 is 4.90 Å². The van der Waals surface area contributed by atoms with E-state index in [1.54, 1.807) is 0 Å². The zero-order valence-corrected chi connectivity index (χ0v) is 10.8. The number of likely N-dealkylation sites (tertiary alicyclic amines) is 1. The topological polar surface area (TPSA) is 29.0 Å². The van der Waals surface area contributed by atoms with E-state index in [9.17, 15) is 0 Å². The van der Waals surface area contributed by atoms with E-state index in [0.717, 1.165) is 30.9 Å². The van der Waals surface area contributed by atoms with E-state index < -0.39 is 0 Å². The molecule has 2 heterocycles. The van der Waals surface area contributed by atoms with Crippen LogP contribution in [-0.4, -0.2) is 34.0 Å². The van der Waals surface area contributed by atoms with Gasteiger partial charge in [-0.1, -0.05) is 11.6 Å². The third-order valence-corrected chi connectivity index (χ3v) is 3.58. The van der Waals surface area contributed by atoms with Crippen LogP contribution >= 0.6 is 11.6 Å². The molecule has 1 aromatic rings. The fourth-order valence-electron chi connectivity index (χ4n) is 2.24. The van der Waals surface area contributed by atoms with Gasteiger partial charge in [-0.3, -0.25) is 0 Å². The molecule has 1 aliphatic rings. The molecule has 0 amide bonds. The van der Waals surface area contributed by atoms with Crippen molar-refractivity contribution in [3.8, 4) is 0 Å². The first-order chi connectivity index (χ1) is 7.58. The average Bonchev–Trinajstić information content (AvgIpc) is 2.66. The quantitative estimate of drug-likeness (QED) is 0.743. The largest absolute Gasteiger partial charge is 0.300 e. The highest BCUT2D eigenvalue weighted by Gasteiger charge is 2.27. The van der Waals surface area contributed by atoms with E-state index in [4.69, 9.17) is 11.6 Å². The predicted octanol–water partition coefficient (Wildman–Crippen LogP) is 2.64. The Kier molecular flexibility index (Phi) is 3.45. The Morgan fingerprint density at radius 2 is 2.25 bits per heavy atom. The molecule has 0 saturated carbocycles. The number of rotatable bonds is 2. The summed E-state index contributed by atoms with van der Waals surface area (Å²) in [6, 6.07) is 0.607. The SMILES string of the molecule is Cc1ncc(C2CCN(C(C)C)C2)c(Cl)n1. The standard InChI is InChI=1S/C12H18ClN3/c1-8(2)16-5-4-10(7-16)11-6-14-9(3)15-12(11)13/h6,8,10H,4-5,7H2,1-3H3. The summed E-state index contributed by atoms with van der Waals surface area (Å²) >= 11 is 6.17. The highest BCUT2D eigenvalue weighted by Crippen LogP contribution is 2.31. The molecule has 4 heteroatoms. The lowest BCUT2D eigenvalue weighted by Crippen LogP contribution is -2.27. The van der Waals surface area contributed by atoms with E-state index in [-0.39, 0.29) is 0 Å². The Hall–Kier alpha value is -0.670. The second kappa shape index (κ2) is 4.68. The minimum atomic E-state index is 0.496. The van der Waals surface area contributed by atoms with Gasteiger partial charge in [0, 0.05) is 30.3 Å². The van der Waals surface area contributed by atoms with E-state index in [1.807, 2.05) is 13.1 Å². The van der Waals surface area contributed by atoms with Crippen LogP contribution in [0.5, 0.6) is 0 Å². The lowest BCUT2D eigenvalue weighted by Gasteiger charge is -2.20. The van der Waals surface area contributed by atoms with E-state index in [0.29, 0.717) is 17.1 Å². The summed E-state index contributed by atoms with van der Waals surface area (Å²) in [4.78, 5) is 10.9. The number of aryl methyl sites for hydroxylation is 1. The van der Waals surface area contributed by atoms with Gasteiger partial charge in [0.25, 0.3) is 0 Å². The third kappa shape index (κ3) is 2.36. The maximum absolute atomic E-state index is 6.17. The molecule has 2 rings (SSSR count). The van der Waals surface area contributed by atoms with Crippen LogP contribution < -0.4 is 0 Å². The zero-order valence-electron chi connectivity index (χ0n) is 10.1. The van der Waals surface area contributed by atoms with Gasteiger partial charge >= 0.3 is 0 Å². The fraction of sp³-hybridized carbons (Fsp3) is 0.667. The van der Waals surface area contributed by atoms with Crippen LogP contribution in [0.1, 0.15) is 37.6 Å². The molecule has 1 aliphatic heterocycles. The summed E-state index contributed by atoms with van der Waals surface area (Å²) in [5.74, 6) is 1.24. The molecule has 3 nitrogen and oxygen atoms in total. The zero-order chi connectivity index (χ0) is 11.7. The maximum atomic E-state index is 6.17. The van der Waals surface area contributed by atoms with Crippen molar-refractivity contribution in [3.05, 3.63) is 22.7 Å². The lowest BCUT2D eigenvalue weighted by molar-refractivity contribution is 0.272. The van der Waals surface area contributed by atoms with Gasteiger partial charge in [0.15, 0.2) is 0 Å². The van der Waals surface area contributed by atoms with Crippen molar-refractivity contribution in [2.24, 2.45) is 0 Å². The minimum Gasteiger partial charge on any atom is -0.300 e. The molecule has 1 atom stereocenters. The molecule has 0 bridgehead atoms. The monoisotopic (exact) mass is 239 g/mol. The van der Waals surface area contributed by atoms with E-state index >= 15 is 0 Å². The summed E-state index contributed by atoms with van der Waals surface area (Å²) in [6.45, 7) is 8.55. The molecule has 16 heavy (non-hydrogen) atoms. The fourth-order valence-corrected chi connectivity index (χ4v) is 2.56. The Bertz CT molecular complexity index is 379. The number of aromatic nitrogens is 2. The number of nitrogens with zero attached hydrogens (tertiary/aromatic N) is 3. The summed E-state index contributed by atoms with van der Waals surface area (Å²) in [6.07, 6.45) is 3.05. The van der Waals surface area contributed by atoms with Crippen LogP contribution in [0.25, 0.3) is 0 Å². The first-order valence-electron chi connectivity index (χ1n) is 5.81. The maximum Gasteiger partial charge on any atom is 0.136 e. The number of halogens is 1. The summed E-state index contributed by atoms with van der Waals surface area (Å²) < 4.78 is 0. The predicted molar refractivity (Wildman–Crippen MR) is 65.8 cm³/mol. The van der Waals surface area contributed by atoms with Crippen molar-refractivity contribution in [3.63, 3.8) is 0 Å². The van der Waals surface area contributed by atoms with Crippen LogP contribution in [0.2, 0.25) is 5.15 Å². The van der Waals surface area contributed by atoms with Gasteiger partial charge in [-0.15, -0.1) is 0 Å². The molecule has 88 valence electrons. The molecule has 0 radical (unpaired) electrons. The van der Waals surface area contributed by atoms with Gasteiger partial charge in [-0.05, 0) is 33.7 Å². The smallest absolute Gasteiger partial charge is 0.136 e. The first kappa shape index (κ1) is 11.8. The molecule has 0 aromatic carbocycles. The van der Waals surface area contributed by atoms with Crippen molar-refractivity contribution in [1.29, 1.82) is 0 Å². The van der Waals surface area contributed by atoms with Crippen LogP contribution in [0.15, 0.2) is 6.20 Å². The van der Waals surface area contributed by atoms with Crippen molar-refractivity contribution in [2.75, 3.05) is 13.1 Å². The molecular weight excluding hydrogens is 222 g/mol. The molecule has 1 saturated heterocycles. The first-order valence-corrected chi connectivity index (χ1v) is 6.19. The van der Waals surface area contributed by atoms with Crippen molar-refractivity contribution < 1.29 is 0 Å². The second-order valence-electron chi connectivity index (χ2n) is 4.74. The Morgan fingerprint density at radius 3 is 2.81 bits per heavy atom. The average molecular weight is 240 g/mol. The van der Waals surface area contributed by atoms with Crippen LogP contribution in [0.4, 0.5) is 0 Å². The Labute approximate surface area is 102 Å². The van der Waals surface area contributed by atoms with Crippen LogP contribution in [0, 0.1) is 6.92 Å². The van der Waals surface area contributed by atoms with Crippen LogP contribution in [-0.2, 0) is 0 Å². The molecule has 1 aromatic heterocycles. The molecule has 0 spiro atoms. The normalized spacial score (nSPS) is 21.9. The molecule has 1 fully saturated rings. The van der Waals surface area contributed by atoms with Crippen molar-refractivity contribution >= 4 is 11.6 Å². The summed E-state index contributed by atoms with van der Waals surface area (Å²) in [5.41, 5.74) is 1.11. The van der Waals surface area contributed by atoms with Crippen molar-refractivity contribution in [1.82, 2.24) is 14.9 Å². The lowest BCUT2D eigenvalue weighted by atomic mass is 10.0. The Morgan fingerprint density at radius 1 is 1.50 bits per heavy atom.